The van der Waals surface area contributed by atoms with Crippen LogP contribution in [0.1, 0.15) is 52.9 Å². The van der Waals surface area contributed by atoms with Crippen molar-refractivity contribution in [2.24, 2.45) is 11.3 Å². The molecule has 2 rings (SSSR count). The molecule has 2 fully saturated rings. The summed E-state index contributed by atoms with van der Waals surface area (Å²) in [5, 5.41) is 12.6. The lowest BCUT2D eigenvalue weighted by molar-refractivity contribution is 0.0826. The van der Waals surface area contributed by atoms with Gasteiger partial charge in [-0.1, -0.05) is 20.8 Å². The molecular weight excluding hydrogens is 234 g/mol. The number of hydrogen-bond donors (Lipinski definition) is 1. The second kappa shape index (κ2) is 5.42. The largest absolute Gasteiger partial charge is 0.302 e. The molecule has 3 nitrogen and oxygen atoms in total. The van der Waals surface area contributed by atoms with E-state index in [4.69, 9.17) is 0 Å². The highest BCUT2D eigenvalue weighted by Gasteiger charge is 2.41. The maximum absolute atomic E-state index is 9.35. The van der Waals surface area contributed by atoms with E-state index in [-0.39, 0.29) is 5.54 Å². The monoisotopic (exact) mass is 263 g/mol. The van der Waals surface area contributed by atoms with Gasteiger partial charge in [-0.2, -0.15) is 5.26 Å². The van der Waals surface area contributed by atoms with Gasteiger partial charge in [0, 0.05) is 6.04 Å². The van der Waals surface area contributed by atoms with Crippen LogP contribution < -0.4 is 5.32 Å². The number of nitrogens with one attached hydrogen (secondary N) is 1. The van der Waals surface area contributed by atoms with Crippen LogP contribution in [0, 0.1) is 22.7 Å². The highest BCUT2D eigenvalue weighted by atomic mass is 15.2. The molecular formula is C16H29N3. The van der Waals surface area contributed by atoms with Crippen molar-refractivity contribution in [3.63, 3.8) is 0 Å². The van der Waals surface area contributed by atoms with Gasteiger partial charge in [0.1, 0.15) is 5.54 Å². The molecule has 0 spiro atoms. The maximum Gasteiger partial charge on any atom is 0.108 e. The van der Waals surface area contributed by atoms with Crippen molar-refractivity contribution in [1.29, 1.82) is 5.26 Å². The van der Waals surface area contributed by atoms with Crippen molar-refractivity contribution >= 4 is 0 Å². The van der Waals surface area contributed by atoms with Gasteiger partial charge in [0.05, 0.1) is 6.07 Å². The quantitative estimate of drug-likeness (QED) is 0.832. The third-order valence-corrected chi connectivity index (χ3v) is 5.45. The maximum atomic E-state index is 9.35. The van der Waals surface area contributed by atoms with Crippen LogP contribution in [0.15, 0.2) is 0 Å². The first kappa shape index (κ1) is 14.8. The normalized spacial score (nSPS) is 34.4. The minimum atomic E-state index is -0.258. The molecule has 0 aromatic carbocycles. The van der Waals surface area contributed by atoms with Gasteiger partial charge in [-0.15, -0.1) is 0 Å². The van der Waals surface area contributed by atoms with Crippen molar-refractivity contribution in [2.45, 2.75) is 64.5 Å². The van der Waals surface area contributed by atoms with E-state index in [1.807, 2.05) is 7.05 Å². The summed E-state index contributed by atoms with van der Waals surface area (Å²) in [5.41, 5.74) is 0.189. The van der Waals surface area contributed by atoms with Gasteiger partial charge in [-0.25, -0.2) is 0 Å². The summed E-state index contributed by atoms with van der Waals surface area (Å²) in [7, 11) is 1.93. The predicted octanol–water partition coefficient (Wildman–Crippen LogP) is 2.78. The number of likely N-dealkylation sites (tertiary alicyclic amines) is 1. The highest BCUT2D eigenvalue weighted by Crippen LogP contribution is 2.38. The predicted molar refractivity (Wildman–Crippen MR) is 78.8 cm³/mol. The molecule has 1 heterocycles. The Labute approximate surface area is 118 Å². The van der Waals surface area contributed by atoms with Crippen molar-refractivity contribution in [1.82, 2.24) is 10.2 Å². The molecule has 1 N–H and O–H groups in total. The average molecular weight is 263 g/mol. The van der Waals surface area contributed by atoms with Crippen LogP contribution in [0.5, 0.6) is 0 Å². The summed E-state index contributed by atoms with van der Waals surface area (Å²) >= 11 is 0. The standard InChI is InChI=1S/C16H29N3/c1-15(2,3)13-6-9-19(10-7-13)14-5-8-16(11-14,12-17)18-4/h13-14,18H,5-11H2,1-4H3. The summed E-state index contributed by atoms with van der Waals surface area (Å²) in [4.78, 5) is 2.64. The van der Waals surface area contributed by atoms with Crippen molar-refractivity contribution in [3.8, 4) is 6.07 Å². The fourth-order valence-electron chi connectivity index (χ4n) is 3.85. The van der Waals surface area contributed by atoms with Crippen LogP contribution in [0.3, 0.4) is 0 Å². The summed E-state index contributed by atoms with van der Waals surface area (Å²) < 4.78 is 0. The van der Waals surface area contributed by atoms with Crippen LogP contribution in [0.25, 0.3) is 0 Å². The van der Waals surface area contributed by atoms with Gasteiger partial charge in [0.25, 0.3) is 0 Å². The SMILES string of the molecule is CNC1(C#N)CCC(N2CCC(C(C)(C)C)CC2)C1. The Morgan fingerprint density at radius 2 is 1.84 bits per heavy atom. The zero-order valence-electron chi connectivity index (χ0n) is 13.0. The van der Waals surface area contributed by atoms with E-state index < -0.39 is 0 Å². The Morgan fingerprint density at radius 1 is 1.21 bits per heavy atom. The third kappa shape index (κ3) is 3.12. The number of nitrogens with zero attached hydrogens (tertiary/aromatic N) is 2. The number of rotatable bonds is 2. The Bertz CT molecular complexity index is 344. The van der Waals surface area contributed by atoms with Gasteiger partial charge in [0.2, 0.25) is 0 Å². The van der Waals surface area contributed by atoms with E-state index >= 15 is 0 Å². The van der Waals surface area contributed by atoms with E-state index in [1.165, 1.54) is 32.4 Å². The number of nitriles is 1. The van der Waals surface area contributed by atoms with Crippen molar-refractivity contribution in [3.05, 3.63) is 0 Å². The van der Waals surface area contributed by atoms with E-state index in [9.17, 15) is 5.26 Å². The second-order valence-electron chi connectivity index (χ2n) is 7.52. The van der Waals surface area contributed by atoms with Gasteiger partial charge < -0.3 is 10.2 Å². The molecule has 1 saturated heterocycles. The van der Waals surface area contributed by atoms with E-state index in [2.05, 4.69) is 37.1 Å². The molecule has 0 radical (unpaired) electrons. The minimum absolute atomic E-state index is 0.258. The third-order valence-electron chi connectivity index (χ3n) is 5.45. The Morgan fingerprint density at radius 3 is 2.26 bits per heavy atom. The van der Waals surface area contributed by atoms with Crippen LogP contribution in [-0.4, -0.2) is 36.6 Å². The summed E-state index contributed by atoms with van der Waals surface area (Å²) in [6.07, 6.45) is 5.82. The molecule has 1 aliphatic heterocycles. The zero-order chi connectivity index (χ0) is 14.1. The molecule has 2 unspecified atom stereocenters. The van der Waals surface area contributed by atoms with E-state index in [0.717, 1.165) is 18.8 Å². The molecule has 3 heteroatoms. The lowest BCUT2D eigenvalue weighted by atomic mass is 9.75. The Balaban J connectivity index is 1.89. The molecule has 1 aliphatic carbocycles. The topological polar surface area (TPSA) is 39.1 Å². The summed E-state index contributed by atoms with van der Waals surface area (Å²) in [6, 6.07) is 3.11. The van der Waals surface area contributed by atoms with Gasteiger partial charge in [0.15, 0.2) is 0 Å². The second-order valence-corrected chi connectivity index (χ2v) is 7.52. The van der Waals surface area contributed by atoms with Crippen LogP contribution in [0.4, 0.5) is 0 Å². The van der Waals surface area contributed by atoms with Gasteiger partial charge in [-0.3, -0.25) is 0 Å². The first-order valence-electron chi connectivity index (χ1n) is 7.74. The number of piperidine rings is 1. The molecule has 2 atom stereocenters. The smallest absolute Gasteiger partial charge is 0.108 e. The summed E-state index contributed by atoms with van der Waals surface area (Å²) in [5.74, 6) is 0.857. The fraction of sp³-hybridized carbons (Fsp3) is 0.938. The Hall–Kier alpha value is -0.590. The first-order valence-corrected chi connectivity index (χ1v) is 7.74. The molecule has 108 valence electrons. The molecule has 2 aliphatic rings. The highest BCUT2D eigenvalue weighted by molar-refractivity contribution is 5.13. The lowest BCUT2D eigenvalue weighted by Gasteiger charge is -2.41. The zero-order valence-corrected chi connectivity index (χ0v) is 13.0. The molecule has 0 aromatic rings. The van der Waals surface area contributed by atoms with Crippen molar-refractivity contribution in [2.75, 3.05) is 20.1 Å². The Kier molecular flexibility index (Phi) is 4.23. The molecule has 19 heavy (non-hydrogen) atoms. The van der Waals surface area contributed by atoms with E-state index in [1.54, 1.807) is 0 Å². The van der Waals surface area contributed by atoms with Gasteiger partial charge in [-0.05, 0) is 63.6 Å². The molecule has 0 aromatic heterocycles. The average Bonchev–Trinajstić information content (AvgIpc) is 2.83. The van der Waals surface area contributed by atoms with Crippen LogP contribution in [0.2, 0.25) is 0 Å². The molecule has 0 bridgehead atoms. The van der Waals surface area contributed by atoms with Crippen molar-refractivity contribution < 1.29 is 0 Å². The van der Waals surface area contributed by atoms with Crippen LogP contribution in [-0.2, 0) is 0 Å². The van der Waals surface area contributed by atoms with Crippen LogP contribution >= 0.6 is 0 Å². The first-order chi connectivity index (χ1) is 8.90. The molecule has 1 saturated carbocycles. The minimum Gasteiger partial charge on any atom is -0.302 e. The summed E-state index contributed by atoms with van der Waals surface area (Å²) in [6.45, 7) is 9.54. The number of hydrogen-bond acceptors (Lipinski definition) is 3. The van der Waals surface area contributed by atoms with Gasteiger partial charge >= 0.3 is 0 Å². The fourth-order valence-corrected chi connectivity index (χ4v) is 3.85. The van der Waals surface area contributed by atoms with E-state index in [0.29, 0.717) is 11.5 Å². The lowest BCUT2D eigenvalue weighted by Crippen LogP contribution is -2.45. The molecule has 0 amide bonds.